The number of fused-ring (bicyclic) bond motifs is 1. The number of carbonyl (C=O) groups is 4. The molecule has 2 aliphatic heterocycles. The number of carboxylic acid groups (broad SMARTS) is 1. The zero-order valence-electron chi connectivity index (χ0n) is 19.0. The Morgan fingerprint density at radius 1 is 1.23 bits per heavy atom. The molecule has 3 amide bonds. The van der Waals surface area contributed by atoms with Gasteiger partial charge in [-0.3, -0.25) is 14.5 Å². The highest BCUT2D eigenvalue weighted by molar-refractivity contribution is 5.93. The van der Waals surface area contributed by atoms with Crippen LogP contribution in [-0.4, -0.2) is 87.3 Å². The van der Waals surface area contributed by atoms with Crippen molar-refractivity contribution in [3.05, 3.63) is 0 Å². The number of aliphatic hydroxyl groups excluding tert-OH is 1. The molecule has 2 rings (SSSR count). The van der Waals surface area contributed by atoms with Gasteiger partial charge in [-0.05, 0) is 52.9 Å². The topological polar surface area (TPSA) is 136 Å². The van der Waals surface area contributed by atoms with E-state index in [0.29, 0.717) is 25.7 Å². The minimum absolute atomic E-state index is 0.212. The second kappa shape index (κ2) is 9.84. The van der Waals surface area contributed by atoms with Crippen molar-refractivity contribution in [3.63, 3.8) is 0 Å². The van der Waals surface area contributed by atoms with Gasteiger partial charge in [-0.25, -0.2) is 9.59 Å². The summed E-state index contributed by atoms with van der Waals surface area (Å²) in [5.74, 6) is -2.63. The number of carboxylic acids is 1. The van der Waals surface area contributed by atoms with Gasteiger partial charge in [0.1, 0.15) is 23.7 Å². The van der Waals surface area contributed by atoms with Crippen molar-refractivity contribution in [2.24, 2.45) is 5.92 Å². The first-order valence-electron chi connectivity index (χ1n) is 10.8. The quantitative estimate of drug-likeness (QED) is 0.558. The average molecular weight is 442 g/mol. The third-order valence-electron chi connectivity index (χ3n) is 6.02. The minimum Gasteiger partial charge on any atom is -0.480 e. The van der Waals surface area contributed by atoms with E-state index in [1.165, 1.54) is 16.8 Å². The highest BCUT2D eigenvalue weighted by Gasteiger charge is 2.48. The molecule has 0 saturated carbocycles. The van der Waals surface area contributed by atoms with E-state index >= 15 is 0 Å². The summed E-state index contributed by atoms with van der Waals surface area (Å²) in [5, 5.41) is 22.1. The zero-order chi connectivity index (χ0) is 23.5. The summed E-state index contributed by atoms with van der Waals surface area (Å²) in [4.78, 5) is 52.9. The van der Waals surface area contributed by atoms with Gasteiger partial charge >= 0.3 is 12.1 Å². The summed E-state index contributed by atoms with van der Waals surface area (Å²) in [5.41, 5.74) is -0.726. The number of hydrogen-bond acceptors (Lipinski definition) is 6. The molecule has 2 fully saturated rings. The van der Waals surface area contributed by atoms with Gasteiger partial charge in [0.2, 0.25) is 11.8 Å². The Bertz CT molecular complexity index is 706. The molecule has 31 heavy (non-hydrogen) atoms. The summed E-state index contributed by atoms with van der Waals surface area (Å²) in [6, 6.07) is -3.07. The van der Waals surface area contributed by atoms with Gasteiger partial charge in [0.05, 0.1) is 0 Å². The maximum atomic E-state index is 13.3. The summed E-state index contributed by atoms with van der Waals surface area (Å²) < 4.78 is 5.33. The zero-order valence-corrected chi connectivity index (χ0v) is 19.0. The fourth-order valence-electron chi connectivity index (χ4n) is 4.40. The van der Waals surface area contributed by atoms with Gasteiger partial charge in [0.25, 0.3) is 0 Å². The molecule has 0 aromatic carbocycles. The number of ether oxygens (including phenoxy) is 1. The Hall–Kier alpha value is -2.36. The van der Waals surface area contributed by atoms with E-state index in [4.69, 9.17) is 4.74 Å². The van der Waals surface area contributed by atoms with Gasteiger partial charge in [0, 0.05) is 25.6 Å². The predicted octanol–water partition coefficient (Wildman–Crippen LogP) is 0.963. The lowest BCUT2D eigenvalue weighted by molar-refractivity contribution is -0.151. The van der Waals surface area contributed by atoms with E-state index in [2.05, 4.69) is 5.32 Å². The lowest BCUT2D eigenvalue weighted by atomic mass is 9.93. The average Bonchev–Trinajstić information content (AvgIpc) is 3.05. The summed E-state index contributed by atoms with van der Waals surface area (Å²) in [6.45, 7) is 6.59. The van der Waals surface area contributed by atoms with Crippen molar-refractivity contribution in [1.29, 1.82) is 0 Å². The van der Waals surface area contributed by atoms with Crippen molar-refractivity contribution < 1.29 is 34.1 Å². The van der Waals surface area contributed by atoms with Crippen LogP contribution in [0.4, 0.5) is 4.79 Å². The van der Waals surface area contributed by atoms with Crippen molar-refractivity contribution >= 4 is 23.9 Å². The molecule has 0 spiro atoms. The molecule has 3 N–H and O–H groups in total. The number of likely N-dealkylation sites (N-methyl/N-ethyl adjacent to an activating group) is 1. The molecule has 176 valence electrons. The van der Waals surface area contributed by atoms with Crippen LogP contribution < -0.4 is 5.32 Å². The molecule has 0 radical (unpaired) electrons. The molecule has 0 aliphatic carbocycles. The summed E-state index contributed by atoms with van der Waals surface area (Å²) in [7, 11) is 1.46. The lowest BCUT2D eigenvalue weighted by Gasteiger charge is -2.33. The summed E-state index contributed by atoms with van der Waals surface area (Å²) in [6.07, 6.45) is 1.64. The number of amides is 3. The molecular formula is C21H35N3O7. The van der Waals surface area contributed by atoms with Crippen LogP contribution in [-0.2, 0) is 19.1 Å². The number of aliphatic hydroxyl groups is 1. The molecule has 0 aromatic rings. The van der Waals surface area contributed by atoms with Crippen LogP contribution in [0.5, 0.6) is 0 Å². The van der Waals surface area contributed by atoms with Crippen molar-refractivity contribution in [2.45, 2.75) is 89.6 Å². The van der Waals surface area contributed by atoms with Gasteiger partial charge in [-0.1, -0.05) is 6.92 Å². The van der Waals surface area contributed by atoms with E-state index in [0.717, 1.165) is 0 Å². The Morgan fingerprint density at radius 2 is 1.84 bits per heavy atom. The fraction of sp³-hybridized carbons (Fsp3) is 0.810. The normalized spacial score (nSPS) is 27.2. The highest BCUT2D eigenvalue weighted by Crippen LogP contribution is 2.34. The van der Waals surface area contributed by atoms with E-state index in [9.17, 15) is 29.4 Å². The van der Waals surface area contributed by atoms with Crippen molar-refractivity contribution in [1.82, 2.24) is 15.1 Å². The number of carbonyl (C=O) groups excluding carboxylic acids is 3. The van der Waals surface area contributed by atoms with E-state index < -0.39 is 53.5 Å². The number of nitrogens with one attached hydrogen (secondary N) is 1. The third-order valence-corrected chi connectivity index (χ3v) is 6.02. The molecule has 5 unspecified atom stereocenters. The van der Waals surface area contributed by atoms with Crippen molar-refractivity contribution in [3.8, 4) is 0 Å². The Kier molecular flexibility index (Phi) is 7.91. The number of rotatable bonds is 6. The van der Waals surface area contributed by atoms with Gasteiger partial charge < -0.3 is 25.2 Å². The Morgan fingerprint density at radius 3 is 2.35 bits per heavy atom. The van der Waals surface area contributed by atoms with Crippen LogP contribution in [0.15, 0.2) is 0 Å². The SMILES string of the molecule is CCC(C(=O)NC1C(=O)N2C(CCC1CO)CCC2C(=O)O)N(C)C(=O)OC(C)(C)C. The molecule has 2 heterocycles. The second-order valence-corrected chi connectivity index (χ2v) is 9.35. The monoisotopic (exact) mass is 441 g/mol. The van der Waals surface area contributed by atoms with Gasteiger partial charge in [0.15, 0.2) is 0 Å². The first kappa shape index (κ1) is 24.9. The van der Waals surface area contributed by atoms with Crippen LogP contribution in [0.2, 0.25) is 0 Å². The predicted molar refractivity (Wildman–Crippen MR) is 111 cm³/mol. The second-order valence-electron chi connectivity index (χ2n) is 9.35. The molecule has 0 aromatic heterocycles. The first-order valence-corrected chi connectivity index (χ1v) is 10.8. The molecule has 2 aliphatic rings. The third kappa shape index (κ3) is 5.66. The van der Waals surface area contributed by atoms with Crippen LogP contribution in [0.25, 0.3) is 0 Å². The Labute approximate surface area is 182 Å². The molecule has 2 saturated heterocycles. The van der Waals surface area contributed by atoms with E-state index in [1.54, 1.807) is 27.7 Å². The molecule has 10 nitrogen and oxygen atoms in total. The maximum absolute atomic E-state index is 13.3. The standard InChI is InChI=1S/C21H35N3O7/c1-6-14(23(5)20(30)31-21(2,3)4)17(26)22-16-12(11-25)7-8-13-9-10-15(19(28)29)24(13)18(16)27/h12-16,25H,6-11H2,1-5H3,(H,22,26)(H,28,29). The number of hydrogen-bond donors (Lipinski definition) is 3. The van der Waals surface area contributed by atoms with Crippen molar-refractivity contribution in [2.75, 3.05) is 13.7 Å². The fourth-order valence-corrected chi connectivity index (χ4v) is 4.40. The minimum atomic E-state index is -1.07. The Balaban J connectivity index is 2.21. The lowest BCUT2D eigenvalue weighted by Crippen LogP contribution is -2.58. The van der Waals surface area contributed by atoms with Gasteiger partial charge in [-0.2, -0.15) is 0 Å². The molecule has 5 atom stereocenters. The van der Waals surface area contributed by atoms with Crippen LogP contribution in [0.3, 0.4) is 0 Å². The smallest absolute Gasteiger partial charge is 0.410 e. The largest absolute Gasteiger partial charge is 0.480 e. The van der Waals surface area contributed by atoms with Crippen LogP contribution in [0.1, 0.15) is 59.8 Å². The number of nitrogens with zero attached hydrogens (tertiary/aromatic N) is 2. The van der Waals surface area contributed by atoms with Gasteiger partial charge in [-0.15, -0.1) is 0 Å². The van der Waals surface area contributed by atoms with Crippen LogP contribution >= 0.6 is 0 Å². The summed E-state index contributed by atoms with van der Waals surface area (Å²) >= 11 is 0. The molecule has 0 bridgehead atoms. The highest BCUT2D eigenvalue weighted by atomic mass is 16.6. The molecule has 10 heteroatoms. The maximum Gasteiger partial charge on any atom is 0.410 e. The number of aliphatic carboxylic acids is 1. The molecular weight excluding hydrogens is 406 g/mol. The van der Waals surface area contributed by atoms with E-state index in [1.807, 2.05) is 0 Å². The first-order chi connectivity index (χ1) is 14.4. The van der Waals surface area contributed by atoms with E-state index in [-0.39, 0.29) is 19.1 Å². The van der Waals surface area contributed by atoms with Crippen LogP contribution in [0, 0.1) is 5.92 Å².